The van der Waals surface area contributed by atoms with E-state index < -0.39 is 5.82 Å². The van der Waals surface area contributed by atoms with Crippen LogP contribution in [0.15, 0.2) is 29.4 Å². The molecule has 1 saturated heterocycles. The third-order valence-electron chi connectivity index (χ3n) is 3.33. The lowest BCUT2D eigenvalue weighted by atomic mass is 10.1. The van der Waals surface area contributed by atoms with E-state index in [1.54, 1.807) is 23.1 Å². The third-order valence-corrected chi connectivity index (χ3v) is 3.33. The molecule has 1 aliphatic rings. The molecule has 0 bridgehead atoms. The molecule has 1 aromatic rings. The SMILES string of the molecule is NC(=NO)C1CCCN1C(=O)Cc1ccccc1F. The molecule has 0 aromatic heterocycles. The van der Waals surface area contributed by atoms with Gasteiger partial charge in [0.05, 0.1) is 12.5 Å². The molecule has 1 amide bonds. The Hall–Kier alpha value is -2.11. The van der Waals surface area contributed by atoms with Crippen LogP contribution in [-0.2, 0) is 11.2 Å². The van der Waals surface area contributed by atoms with E-state index in [0.29, 0.717) is 18.5 Å². The minimum absolute atomic E-state index is 0.0120. The van der Waals surface area contributed by atoms with Gasteiger partial charge in [-0.1, -0.05) is 23.4 Å². The standard InChI is InChI=1S/C13H16FN3O2/c14-10-5-2-1-4-9(10)8-12(18)17-7-3-6-11(17)13(15)16-19/h1-2,4-5,11,19H,3,6-8H2,(H2,15,16). The summed E-state index contributed by atoms with van der Waals surface area (Å²) in [5, 5.41) is 11.6. The quantitative estimate of drug-likeness (QED) is 0.372. The Labute approximate surface area is 110 Å². The van der Waals surface area contributed by atoms with Crippen molar-refractivity contribution in [3.05, 3.63) is 35.6 Å². The highest BCUT2D eigenvalue weighted by Gasteiger charge is 2.31. The van der Waals surface area contributed by atoms with Crippen LogP contribution in [0.4, 0.5) is 4.39 Å². The van der Waals surface area contributed by atoms with Crippen LogP contribution in [0, 0.1) is 5.82 Å². The fourth-order valence-corrected chi connectivity index (χ4v) is 2.35. The molecular weight excluding hydrogens is 249 g/mol. The molecule has 0 saturated carbocycles. The first-order valence-electron chi connectivity index (χ1n) is 6.13. The molecule has 0 aliphatic carbocycles. The molecule has 1 aromatic carbocycles. The highest BCUT2D eigenvalue weighted by Crippen LogP contribution is 2.19. The number of amides is 1. The van der Waals surface area contributed by atoms with Gasteiger partial charge in [0.15, 0.2) is 5.84 Å². The average molecular weight is 265 g/mol. The molecule has 1 aliphatic heterocycles. The number of benzene rings is 1. The second kappa shape index (κ2) is 5.69. The summed E-state index contributed by atoms with van der Waals surface area (Å²) in [4.78, 5) is 13.7. The Morgan fingerprint density at radius 2 is 2.26 bits per heavy atom. The first-order valence-corrected chi connectivity index (χ1v) is 6.13. The summed E-state index contributed by atoms with van der Waals surface area (Å²) in [6.07, 6.45) is 1.45. The van der Waals surface area contributed by atoms with Gasteiger partial charge in [-0.25, -0.2) is 4.39 Å². The van der Waals surface area contributed by atoms with E-state index in [2.05, 4.69) is 5.16 Å². The van der Waals surface area contributed by atoms with Gasteiger partial charge in [-0.15, -0.1) is 0 Å². The molecule has 2 rings (SSSR count). The van der Waals surface area contributed by atoms with Gasteiger partial charge in [0.1, 0.15) is 5.82 Å². The first-order chi connectivity index (χ1) is 9.13. The van der Waals surface area contributed by atoms with E-state index in [4.69, 9.17) is 10.9 Å². The number of halogens is 1. The number of oxime groups is 1. The average Bonchev–Trinajstić information content (AvgIpc) is 2.90. The summed E-state index contributed by atoms with van der Waals surface area (Å²) in [5.74, 6) is -0.575. The number of likely N-dealkylation sites (tertiary alicyclic amines) is 1. The topological polar surface area (TPSA) is 78.9 Å². The monoisotopic (exact) mass is 265 g/mol. The van der Waals surface area contributed by atoms with Crippen LogP contribution in [0.5, 0.6) is 0 Å². The first kappa shape index (κ1) is 13.3. The largest absolute Gasteiger partial charge is 0.409 e. The van der Waals surface area contributed by atoms with Gasteiger partial charge in [-0.05, 0) is 24.5 Å². The predicted octanol–water partition coefficient (Wildman–Crippen LogP) is 1.11. The number of rotatable bonds is 3. The molecule has 1 unspecified atom stereocenters. The Morgan fingerprint density at radius 3 is 2.95 bits per heavy atom. The van der Waals surface area contributed by atoms with Crippen molar-refractivity contribution in [1.82, 2.24) is 4.90 Å². The van der Waals surface area contributed by atoms with Gasteiger partial charge in [0, 0.05) is 6.54 Å². The lowest BCUT2D eigenvalue weighted by molar-refractivity contribution is -0.130. The lowest BCUT2D eigenvalue weighted by Gasteiger charge is -2.23. The van der Waals surface area contributed by atoms with Crippen molar-refractivity contribution < 1.29 is 14.4 Å². The summed E-state index contributed by atoms with van der Waals surface area (Å²) in [6, 6.07) is 5.80. The van der Waals surface area contributed by atoms with Gasteiger partial charge in [-0.3, -0.25) is 4.79 Å². The van der Waals surface area contributed by atoms with Crippen LogP contribution in [0.1, 0.15) is 18.4 Å². The molecule has 1 fully saturated rings. The van der Waals surface area contributed by atoms with Gasteiger partial charge in [-0.2, -0.15) is 0 Å². The van der Waals surface area contributed by atoms with Crippen LogP contribution >= 0.6 is 0 Å². The van der Waals surface area contributed by atoms with E-state index in [9.17, 15) is 9.18 Å². The fourth-order valence-electron chi connectivity index (χ4n) is 2.35. The van der Waals surface area contributed by atoms with Crippen molar-refractivity contribution >= 4 is 11.7 Å². The molecule has 3 N–H and O–H groups in total. The molecule has 1 atom stereocenters. The Kier molecular flexibility index (Phi) is 3.99. The highest BCUT2D eigenvalue weighted by molar-refractivity contribution is 5.91. The van der Waals surface area contributed by atoms with E-state index in [0.717, 1.165) is 6.42 Å². The second-order valence-electron chi connectivity index (χ2n) is 4.54. The zero-order chi connectivity index (χ0) is 13.8. The van der Waals surface area contributed by atoms with E-state index in [1.807, 2.05) is 0 Å². The van der Waals surface area contributed by atoms with Crippen molar-refractivity contribution in [3.63, 3.8) is 0 Å². The molecule has 6 heteroatoms. The summed E-state index contributed by atoms with van der Waals surface area (Å²) in [5.41, 5.74) is 5.92. The minimum atomic E-state index is -0.393. The summed E-state index contributed by atoms with van der Waals surface area (Å²) >= 11 is 0. The van der Waals surface area contributed by atoms with Crippen molar-refractivity contribution in [2.45, 2.75) is 25.3 Å². The minimum Gasteiger partial charge on any atom is -0.409 e. The van der Waals surface area contributed by atoms with Gasteiger partial charge < -0.3 is 15.8 Å². The van der Waals surface area contributed by atoms with Gasteiger partial charge in [0.2, 0.25) is 5.91 Å². The number of amidine groups is 1. The Morgan fingerprint density at radius 1 is 1.53 bits per heavy atom. The van der Waals surface area contributed by atoms with Crippen molar-refractivity contribution in [1.29, 1.82) is 0 Å². The number of hydrogen-bond acceptors (Lipinski definition) is 3. The summed E-state index contributed by atoms with van der Waals surface area (Å²) < 4.78 is 13.5. The fraction of sp³-hybridized carbons (Fsp3) is 0.385. The summed E-state index contributed by atoms with van der Waals surface area (Å²) in [7, 11) is 0. The molecule has 102 valence electrons. The number of carbonyl (C=O) groups is 1. The normalized spacial score (nSPS) is 19.7. The van der Waals surface area contributed by atoms with E-state index in [1.165, 1.54) is 6.07 Å². The maximum absolute atomic E-state index is 13.5. The zero-order valence-corrected chi connectivity index (χ0v) is 10.4. The third kappa shape index (κ3) is 2.83. The predicted molar refractivity (Wildman–Crippen MR) is 68.2 cm³/mol. The van der Waals surface area contributed by atoms with Crippen molar-refractivity contribution in [2.24, 2.45) is 10.9 Å². The maximum Gasteiger partial charge on any atom is 0.227 e. The van der Waals surface area contributed by atoms with E-state index in [-0.39, 0.29) is 24.2 Å². The second-order valence-corrected chi connectivity index (χ2v) is 4.54. The van der Waals surface area contributed by atoms with Gasteiger partial charge in [0.25, 0.3) is 0 Å². The zero-order valence-electron chi connectivity index (χ0n) is 10.4. The van der Waals surface area contributed by atoms with Gasteiger partial charge >= 0.3 is 0 Å². The number of carbonyl (C=O) groups excluding carboxylic acids is 1. The Bertz CT molecular complexity index is 504. The Balaban J connectivity index is 2.10. The van der Waals surface area contributed by atoms with Crippen molar-refractivity contribution in [2.75, 3.05) is 6.54 Å². The number of hydrogen-bond donors (Lipinski definition) is 2. The molecule has 19 heavy (non-hydrogen) atoms. The van der Waals surface area contributed by atoms with Crippen LogP contribution < -0.4 is 5.73 Å². The molecule has 0 radical (unpaired) electrons. The van der Waals surface area contributed by atoms with Crippen LogP contribution in [0.25, 0.3) is 0 Å². The smallest absolute Gasteiger partial charge is 0.227 e. The molecule has 1 heterocycles. The van der Waals surface area contributed by atoms with Crippen LogP contribution in [0.2, 0.25) is 0 Å². The number of nitrogens with two attached hydrogens (primary N) is 1. The highest BCUT2D eigenvalue weighted by atomic mass is 19.1. The van der Waals surface area contributed by atoms with Crippen LogP contribution in [-0.4, -0.2) is 34.4 Å². The maximum atomic E-state index is 13.5. The van der Waals surface area contributed by atoms with E-state index >= 15 is 0 Å². The van der Waals surface area contributed by atoms with Crippen molar-refractivity contribution in [3.8, 4) is 0 Å². The molecular formula is C13H16FN3O2. The molecule has 5 nitrogen and oxygen atoms in total. The number of nitrogens with zero attached hydrogens (tertiary/aromatic N) is 2. The lowest BCUT2D eigenvalue weighted by Crippen LogP contribution is -2.44. The molecule has 0 spiro atoms. The van der Waals surface area contributed by atoms with Crippen LogP contribution in [0.3, 0.4) is 0 Å². The summed E-state index contributed by atoms with van der Waals surface area (Å²) in [6.45, 7) is 0.550.